The summed E-state index contributed by atoms with van der Waals surface area (Å²) >= 11 is 0. The minimum Gasteiger partial charge on any atom is -0.313 e. The standard InChI is InChI=1S/C15H17F3N2O4/c1-9(2)10(3)12(21)20(11-7-5-4-6-8-11)24-14(23)19-13(22)15(16,17)18/h4-10H,1-3H3,(H,19,22,23). The van der Waals surface area contributed by atoms with E-state index in [2.05, 4.69) is 4.84 Å². The highest BCUT2D eigenvalue weighted by Crippen LogP contribution is 2.21. The summed E-state index contributed by atoms with van der Waals surface area (Å²) in [6.45, 7) is 5.11. The first kappa shape index (κ1) is 19.5. The lowest BCUT2D eigenvalue weighted by Gasteiger charge is -2.25. The molecule has 0 heterocycles. The average Bonchev–Trinajstić information content (AvgIpc) is 2.51. The van der Waals surface area contributed by atoms with Crippen LogP contribution in [0, 0.1) is 11.8 Å². The third kappa shape index (κ3) is 5.25. The topological polar surface area (TPSA) is 75.7 Å². The summed E-state index contributed by atoms with van der Waals surface area (Å²) in [6, 6.07) is 7.62. The molecule has 0 saturated heterocycles. The van der Waals surface area contributed by atoms with Crippen molar-refractivity contribution in [3.05, 3.63) is 30.3 Å². The van der Waals surface area contributed by atoms with Gasteiger partial charge in [-0.15, -0.1) is 5.06 Å². The molecule has 0 bridgehead atoms. The van der Waals surface area contributed by atoms with Crippen molar-refractivity contribution >= 4 is 23.6 Å². The van der Waals surface area contributed by atoms with Gasteiger partial charge >= 0.3 is 18.2 Å². The molecule has 0 spiro atoms. The number of imide groups is 1. The number of anilines is 1. The van der Waals surface area contributed by atoms with Crippen LogP contribution in [0.1, 0.15) is 20.8 Å². The number of hydrogen-bond donors (Lipinski definition) is 1. The maximum absolute atomic E-state index is 12.4. The van der Waals surface area contributed by atoms with Crippen LogP contribution in [0.2, 0.25) is 0 Å². The summed E-state index contributed by atoms with van der Waals surface area (Å²) in [5.74, 6) is -3.79. The smallest absolute Gasteiger partial charge is 0.313 e. The van der Waals surface area contributed by atoms with Crippen LogP contribution in [0.4, 0.5) is 23.7 Å². The molecular formula is C15H17F3N2O4. The maximum Gasteiger partial charge on any atom is 0.471 e. The number of alkyl halides is 3. The molecule has 132 valence electrons. The van der Waals surface area contributed by atoms with Crippen molar-refractivity contribution in [1.29, 1.82) is 0 Å². The van der Waals surface area contributed by atoms with Gasteiger partial charge < -0.3 is 4.84 Å². The number of para-hydroxylation sites is 1. The Morgan fingerprint density at radius 3 is 2.08 bits per heavy atom. The van der Waals surface area contributed by atoms with E-state index < -0.39 is 30.0 Å². The second-order valence-electron chi connectivity index (χ2n) is 5.33. The van der Waals surface area contributed by atoms with Crippen molar-refractivity contribution in [1.82, 2.24) is 5.32 Å². The Morgan fingerprint density at radius 2 is 1.62 bits per heavy atom. The number of halogens is 3. The molecule has 0 fully saturated rings. The van der Waals surface area contributed by atoms with E-state index in [1.165, 1.54) is 12.1 Å². The highest BCUT2D eigenvalue weighted by atomic mass is 19.4. The van der Waals surface area contributed by atoms with Gasteiger partial charge in [0.15, 0.2) is 0 Å². The van der Waals surface area contributed by atoms with Gasteiger partial charge in [-0.3, -0.25) is 14.9 Å². The predicted molar refractivity (Wildman–Crippen MR) is 78.6 cm³/mol. The zero-order valence-electron chi connectivity index (χ0n) is 13.3. The monoisotopic (exact) mass is 346 g/mol. The fourth-order valence-electron chi connectivity index (χ4n) is 1.53. The number of amides is 3. The molecule has 1 unspecified atom stereocenters. The largest absolute Gasteiger partial charge is 0.471 e. The van der Waals surface area contributed by atoms with Crippen LogP contribution in [-0.4, -0.2) is 24.1 Å². The summed E-state index contributed by atoms with van der Waals surface area (Å²) in [4.78, 5) is 39.4. The van der Waals surface area contributed by atoms with E-state index in [1.807, 2.05) is 0 Å². The zero-order chi connectivity index (χ0) is 18.5. The highest BCUT2D eigenvalue weighted by molar-refractivity contribution is 5.98. The Bertz CT molecular complexity index is 602. The second kappa shape index (κ2) is 7.80. The van der Waals surface area contributed by atoms with Crippen molar-refractivity contribution in [3.8, 4) is 0 Å². The van der Waals surface area contributed by atoms with Gasteiger partial charge in [-0.1, -0.05) is 39.0 Å². The van der Waals surface area contributed by atoms with Gasteiger partial charge in [-0.05, 0) is 18.1 Å². The highest BCUT2D eigenvalue weighted by Gasteiger charge is 2.40. The lowest BCUT2D eigenvalue weighted by atomic mass is 9.97. The first-order chi connectivity index (χ1) is 11.0. The average molecular weight is 346 g/mol. The Labute approximate surface area is 136 Å². The first-order valence-corrected chi connectivity index (χ1v) is 7.03. The fraction of sp³-hybridized carbons (Fsp3) is 0.400. The number of carbonyl (C=O) groups excluding carboxylic acids is 3. The van der Waals surface area contributed by atoms with Gasteiger partial charge in [-0.2, -0.15) is 13.2 Å². The molecule has 1 aromatic rings. The molecule has 9 heteroatoms. The lowest BCUT2D eigenvalue weighted by Crippen LogP contribution is -2.46. The molecule has 0 aliphatic heterocycles. The maximum atomic E-state index is 12.4. The quantitative estimate of drug-likeness (QED) is 0.854. The van der Waals surface area contributed by atoms with E-state index in [4.69, 9.17) is 0 Å². The van der Waals surface area contributed by atoms with E-state index in [9.17, 15) is 27.6 Å². The lowest BCUT2D eigenvalue weighted by molar-refractivity contribution is -0.172. The number of hydroxylamine groups is 1. The summed E-state index contributed by atoms with van der Waals surface area (Å²) in [6.07, 6.45) is -6.95. The van der Waals surface area contributed by atoms with Gasteiger partial charge in [0.25, 0.3) is 5.91 Å². The molecule has 1 rings (SSSR count). The van der Waals surface area contributed by atoms with Crippen molar-refractivity contribution in [2.24, 2.45) is 11.8 Å². The van der Waals surface area contributed by atoms with Gasteiger partial charge in [0, 0.05) is 5.92 Å². The van der Waals surface area contributed by atoms with E-state index in [1.54, 1.807) is 39.0 Å². The summed E-state index contributed by atoms with van der Waals surface area (Å²) in [7, 11) is 0. The van der Waals surface area contributed by atoms with Gasteiger partial charge in [0.2, 0.25) is 0 Å². The van der Waals surface area contributed by atoms with Crippen LogP contribution in [0.25, 0.3) is 0 Å². The Morgan fingerprint density at radius 1 is 1.08 bits per heavy atom. The molecule has 6 nitrogen and oxygen atoms in total. The number of carbonyl (C=O) groups is 3. The van der Waals surface area contributed by atoms with Gasteiger partial charge in [-0.25, -0.2) is 4.79 Å². The van der Waals surface area contributed by atoms with Crippen LogP contribution in [-0.2, 0) is 14.4 Å². The van der Waals surface area contributed by atoms with Crippen LogP contribution in [0.15, 0.2) is 30.3 Å². The number of rotatable bonds is 3. The number of benzene rings is 1. The molecule has 1 atom stereocenters. The summed E-state index contributed by atoms with van der Waals surface area (Å²) in [5.41, 5.74) is 0.143. The van der Waals surface area contributed by atoms with Crippen LogP contribution >= 0.6 is 0 Å². The Balaban J connectivity index is 2.97. The molecule has 0 aromatic heterocycles. The minimum absolute atomic E-state index is 0.104. The predicted octanol–water partition coefficient (Wildman–Crippen LogP) is 3.04. The normalized spacial score (nSPS) is 12.5. The van der Waals surface area contributed by atoms with E-state index in [-0.39, 0.29) is 11.6 Å². The SMILES string of the molecule is CC(C)C(C)C(=O)N(OC(=O)NC(=O)C(F)(F)F)c1ccccc1. The van der Waals surface area contributed by atoms with Crippen LogP contribution in [0.3, 0.4) is 0 Å². The van der Waals surface area contributed by atoms with Gasteiger partial charge in [0.1, 0.15) is 0 Å². The van der Waals surface area contributed by atoms with Crippen molar-refractivity contribution in [2.75, 3.05) is 5.06 Å². The first-order valence-electron chi connectivity index (χ1n) is 7.03. The third-order valence-corrected chi connectivity index (χ3v) is 3.23. The number of nitrogens with zero attached hydrogens (tertiary/aromatic N) is 1. The summed E-state index contributed by atoms with van der Waals surface area (Å²) < 4.78 is 36.5. The van der Waals surface area contributed by atoms with Crippen molar-refractivity contribution < 1.29 is 32.4 Å². The molecule has 0 aliphatic carbocycles. The molecule has 1 N–H and O–H groups in total. The molecular weight excluding hydrogens is 329 g/mol. The van der Waals surface area contributed by atoms with E-state index >= 15 is 0 Å². The summed E-state index contributed by atoms with van der Waals surface area (Å²) in [5, 5.41) is 1.60. The molecule has 0 aliphatic rings. The molecule has 0 saturated carbocycles. The molecule has 1 aromatic carbocycles. The molecule has 3 amide bonds. The second-order valence-corrected chi connectivity index (χ2v) is 5.33. The zero-order valence-corrected chi connectivity index (χ0v) is 13.3. The molecule has 0 radical (unpaired) electrons. The number of hydrogen-bond acceptors (Lipinski definition) is 4. The van der Waals surface area contributed by atoms with Crippen molar-refractivity contribution in [3.63, 3.8) is 0 Å². The minimum atomic E-state index is -5.24. The van der Waals surface area contributed by atoms with Crippen molar-refractivity contribution in [2.45, 2.75) is 26.9 Å². The Hall–Kier alpha value is -2.58. The fourth-order valence-corrected chi connectivity index (χ4v) is 1.53. The van der Waals surface area contributed by atoms with E-state index in [0.717, 1.165) is 5.32 Å². The van der Waals surface area contributed by atoms with Crippen LogP contribution in [0.5, 0.6) is 0 Å². The third-order valence-electron chi connectivity index (χ3n) is 3.23. The molecule has 24 heavy (non-hydrogen) atoms. The van der Waals surface area contributed by atoms with Crippen LogP contribution < -0.4 is 10.4 Å². The number of nitrogens with one attached hydrogen (secondary N) is 1. The Kier molecular flexibility index (Phi) is 6.33. The van der Waals surface area contributed by atoms with Gasteiger partial charge in [0.05, 0.1) is 5.69 Å². The van der Waals surface area contributed by atoms with E-state index in [0.29, 0.717) is 5.06 Å².